The third kappa shape index (κ3) is 2.83. The van der Waals surface area contributed by atoms with Crippen LogP contribution in [0.15, 0.2) is 18.2 Å². The maximum absolute atomic E-state index is 6.01. The minimum absolute atomic E-state index is 0.630. The lowest BCUT2D eigenvalue weighted by molar-refractivity contribution is 0.0720. The van der Waals surface area contributed by atoms with Crippen LogP contribution in [0.5, 0.6) is 0 Å². The van der Waals surface area contributed by atoms with Gasteiger partial charge in [-0.15, -0.1) is 0 Å². The first kappa shape index (κ1) is 12.7. The first-order valence-electron chi connectivity index (χ1n) is 6.61. The Labute approximate surface area is 118 Å². The summed E-state index contributed by atoms with van der Waals surface area (Å²) in [6.45, 7) is 4.62. The minimum Gasteiger partial charge on any atom is -0.308 e. The topological polar surface area (TPSA) is 15.3 Å². The van der Waals surface area contributed by atoms with E-state index in [1.807, 2.05) is 12.1 Å². The highest BCUT2D eigenvalue weighted by Crippen LogP contribution is 2.28. The highest BCUT2D eigenvalue weighted by molar-refractivity contribution is 6.34. The van der Waals surface area contributed by atoms with Gasteiger partial charge in [-0.3, -0.25) is 0 Å². The zero-order chi connectivity index (χ0) is 12.5. The van der Waals surface area contributed by atoms with Gasteiger partial charge in [0.2, 0.25) is 0 Å². The summed E-state index contributed by atoms with van der Waals surface area (Å²) in [5, 5.41) is 5.10. The second-order valence-corrected chi connectivity index (χ2v) is 6.28. The summed E-state index contributed by atoms with van der Waals surface area (Å²) in [7, 11) is 0. The van der Waals surface area contributed by atoms with E-state index in [4.69, 9.17) is 23.2 Å². The number of halogens is 2. The molecular formula is C14H18Cl2N2. The first-order chi connectivity index (χ1) is 8.70. The van der Waals surface area contributed by atoms with Crippen LogP contribution in [0.3, 0.4) is 0 Å². The van der Waals surface area contributed by atoms with Crippen LogP contribution in [-0.4, -0.2) is 30.6 Å². The lowest BCUT2D eigenvalue weighted by Gasteiger charge is -2.45. The zero-order valence-electron chi connectivity index (χ0n) is 10.3. The Bertz CT molecular complexity index is 408. The molecule has 1 N–H and O–H groups in total. The van der Waals surface area contributed by atoms with Gasteiger partial charge in [0, 0.05) is 29.2 Å². The maximum Gasteiger partial charge on any atom is 0.0424 e. The van der Waals surface area contributed by atoms with Gasteiger partial charge in [-0.05, 0) is 55.6 Å². The van der Waals surface area contributed by atoms with Crippen molar-refractivity contribution in [2.24, 2.45) is 5.92 Å². The molecule has 1 aromatic rings. The van der Waals surface area contributed by atoms with Gasteiger partial charge in [-0.1, -0.05) is 23.2 Å². The van der Waals surface area contributed by atoms with Crippen molar-refractivity contribution in [1.82, 2.24) is 10.2 Å². The summed E-state index contributed by atoms with van der Waals surface area (Å²) in [5.74, 6) is 0.852. The molecular weight excluding hydrogens is 267 g/mol. The van der Waals surface area contributed by atoms with Gasteiger partial charge in [0.15, 0.2) is 0 Å². The van der Waals surface area contributed by atoms with Crippen molar-refractivity contribution in [3.8, 4) is 0 Å². The molecule has 3 aliphatic rings. The molecule has 0 aliphatic carbocycles. The average molecular weight is 285 g/mol. The van der Waals surface area contributed by atoms with E-state index in [1.54, 1.807) is 6.07 Å². The standard InChI is InChI=1S/C14H18Cl2N2/c15-12-5-10(6-13(16)7-12)8-17-14-9-18-3-1-11(14)2-4-18/h5-7,11,14,17H,1-4,8-9H2. The molecule has 2 bridgehead atoms. The van der Waals surface area contributed by atoms with Crippen molar-refractivity contribution in [3.63, 3.8) is 0 Å². The van der Waals surface area contributed by atoms with E-state index < -0.39 is 0 Å². The summed E-state index contributed by atoms with van der Waals surface area (Å²) >= 11 is 12.0. The number of hydrogen-bond acceptors (Lipinski definition) is 2. The fourth-order valence-corrected chi connectivity index (χ4v) is 3.73. The van der Waals surface area contributed by atoms with E-state index in [1.165, 1.54) is 38.0 Å². The average Bonchev–Trinajstić information content (AvgIpc) is 2.37. The van der Waals surface area contributed by atoms with Gasteiger partial charge in [-0.25, -0.2) is 0 Å². The molecule has 3 saturated heterocycles. The van der Waals surface area contributed by atoms with E-state index in [0.29, 0.717) is 16.1 Å². The predicted molar refractivity (Wildman–Crippen MR) is 76.3 cm³/mol. The Hall–Kier alpha value is -0.280. The molecule has 0 radical (unpaired) electrons. The van der Waals surface area contributed by atoms with Gasteiger partial charge < -0.3 is 10.2 Å². The second kappa shape index (κ2) is 5.38. The quantitative estimate of drug-likeness (QED) is 0.917. The van der Waals surface area contributed by atoms with Gasteiger partial charge in [-0.2, -0.15) is 0 Å². The van der Waals surface area contributed by atoms with Crippen molar-refractivity contribution in [2.75, 3.05) is 19.6 Å². The molecule has 2 nitrogen and oxygen atoms in total. The number of nitrogens with one attached hydrogen (secondary N) is 1. The molecule has 4 rings (SSSR count). The molecule has 0 spiro atoms. The van der Waals surface area contributed by atoms with Crippen molar-refractivity contribution in [1.29, 1.82) is 0 Å². The summed E-state index contributed by atoms with van der Waals surface area (Å²) in [6, 6.07) is 6.38. The van der Waals surface area contributed by atoms with Crippen molar-refractivity contribution >= 4 is 23.2 Å². The van der Waals surface area contributed by atoms with E-state index in [2.05, 4.69) is 10.2 Å². The van der Waals surface area contributed by atoms with Crippen molar-refractivity contribution in [3.05, 3.63) is 33.8 Å². The Morgan fingerprint density at radius 2 is 1.78 bits per heavy atom. The lowest BCUT2D eigenvalue weighted by Crippen LogP contribution is -2.55. The third-order valence-electron chi connectivity index (χ3n) is 4.15. The van der Waals surface area contributed by atoms with Crippen LogP contribution in [0.4, 0.5) is 0 Å². The van der Waals surface area contributed by atoms with E-state index in [-0.39, 0.29) is 0 Å². The second-order valence-electron chi connectivity index (χ2n) is 5.40. The summed E-state index contributed by atoms with van der Waals surface area (Å²) in [6.07, 6.45) is 2.68. The maximum atomic E-state index is 6.01. The molecule has 98 valence electrons. The van der Waals surface area contributed by atoms with Crippen LogP contribution in [0.1, 0.15) is 18.4 Å². The van der Waals surface area contributed by atoms with Gasteiger partial charge >= 0.3 is 0 Å². The van der Waals surface area contributed by atoms with Crippen LogP contribution in [-0.2, 0) is 6.54 Å². The molecule has 4 heteroatoms. The lowest BCUT2D eigenvalue weighted by atomic mass is 9.84. The largest absolute Gasteiger partial charge is 0.308 e. The summed E-state index contributed by atoms with van der Waals surface area (Å²) in [5.41, 5.74) is 1.17. The Morgan fingerprint density at radius 3 is 2.33 bits per heavy atom. The molecule has 1 unspecified atom stereocenters. The van der Waals surface area contributed by atoms with Crippen LogP contribution in [0.2, 0.25) is 10.0 Å². The normalized spacial score (nSPS) is 30.7. The van der Waals surface area contributed by atoms with Crippen LogP contribution in [0, 0.1) is 5.92 Å². The smallest absolute Gasteiger partial charge is 0.0424 e. The van der Waals surface area contributed by atoms with Crippen LogP contribution >= 0.6 is 23.2 Å². The highest BCUT2D eigenvalue weighted by atomic mass is 35.5. The molecule has 3 aliphatic heterocycles. The van der Waals surface area contributed by atoms with E-state index in [0.717, 1.165) is 12.5 Å². The molecule has 18 heavy (non-hydrogen) atoms. The number of fused-ring (bicyclic) bond motifs is 3. The van der Waals surface area contributed by atoms with Crippen molar-refractivity contribution < 1.29 is 0 Å². The third-order valence-corrected chi connectivity index (χ3v) is 4.58. The predicted octanol–water partition coefficient (Wildman–Crippen LogP) is 3.18. The minimum atomic E-state index is 0.630. The Kier molecular flexibility index (Phi) is 3.81. The van der Waals surface area contributed by atoms with Crippen molar-refractivity contribution in [2.45, 2.75) is 25.4 Å². The van der Waals surface area contributed by atoms with E-state index in [9.17, 15) is 0 Å². The number of hydrogen-bond donors (Lipinski definition) is 1. The van der Waals surface area contributed by atoms with Gasteiger partial charge in [0.25, 0.3) is 0 Å². The molecule has 1 aromatic carbocycles. The molecule has 3 heterocycles. The van der Waals surface area contributed by atoms with Gasteiger partial charge in [0.1, 0.15) is 0 Å². The zero-order valence-corrected chi connectivity index (χ0v) is 11.8. The highest BCUT2D eigenvalue weighted by Gasteiger charge is 2.33. The van der Waals surface area contributed by atoms with Crippen LogP contribution in [0.25, 0.3) is 0 Å². The number of piperidine rings is 3. The number of benzene rings is 1. The monoisotopic (exact) mass is 284 g/mol. The molecule has 0 amide bonds. The Balaban J connectivity index is 1.61. The SMILES string of the molecule is Clc1cc(Cl)cc(CNC2CN3CCC2CC3)c1. The fourth-order valence-electron chi connectivity index (χ4n) is 3.16. The summed E-state index contributed by atoms with van der Waals surface area (Å²) < 4.78 is 0. The number of rotatable bonds is 3. The number of nitrogens with zero attached hydrogens (tertiary/aromatic N) is 1. The van der Waals surface area contributed by atoms with Crippen LogP contribution < -0.4 is 5.32 Å². The van der Waals surface area contributed by atoms with Gasteiger partial charge in [0.05, 0.1) is 0 Å². The molecule has 1 atom stereocenters. The fraction of sp³-hybridized carbons (Fsp3) is 0.571. The molecule has 0 aromatic heterocycles. The molecule has 3 fully saturated rings. The molecule has 0 saturated carbocycles. The Morgan fingerprint density at radius 1 is 1.11 bits per heavy atom. The van der Waals surface area contributed by atoms with E-state index >= 15 is 0 Å². The summed E-state index contributed by atoms with van der Waals surface area (Å²) in [4.78, 5) is 2.56. The first-order valence-corrected chi connectivity index (χ1v) is 7.37.